The Morgan fingerprint density at radius 2 is 1.76 bits per heavy atom. The molecular formula is C24H24ClNO3. The van der Waals surface area contributed by atoms with E-state index in [4.69, 9.17) is 21.1 Å². The first kappa shape index (κ1) is 20.7. The second-order valence-corrected chi connectivity index (χ2v) is 7.26. The zero-order chi connectivity index (χ0) is 20.8. The predicted molar refractivity (Wildman–Crippen MR) is 116 cm³/mol. The molecule has 3 aromatic rings. The summed E-state index contributed by atoms with van der Waals surface area (Å²) >= 11 is 5.94. The fourth-order valence-electron chi connectivity index (χ4n) is 3.02. The molecule has 0 saturated carbocycles. The van der Waals surface area contributed by atoms with Gasteiger partial charge in [-0.3, -0.25) is 4.79 Å². The van der Waals surface area contributed by atoms with Crippen molar-refractivity contribution in [2.75, 3.05) is 7.11 Å². The quantitative estimate of drug-likeness (QED) is 0.542. The van der Waals surface area contributed by atoms with Gasteiger partial charge < -0.3 is 14.8 Å². The van der Waals surface area contributed by atoms with E-state index >= 15 is 0 Å². The molecule has 3 aromatic carbocycles. The van der Waals surface area contributed by atoms with Crippen molar-refractivity contribution in [2.45, 2.75) is 26.5 Å². The molecule has 29 heavy (non-hydrogen) atoms. The van der Waals surface area contributed by atoms with Crippen molar-refractivity contribution in [3.05, 3.63) is 94.0 Å². The SMILES string of the molecule is COc1ccc(C(=O)NC(C)c2ccc(Cl)cc2)cc1COc1ccccc1C. The van der Waals surface area contributed by atoms with Crippen LogP contribution in [0.2, 0.25) is 5.02 Å². The van der Waals surface area contributed by atoms with E-state index in [0.29, 0.717) is 22.9 Å². The molecule has 0 aliphatic rings. The summed E-state index contributed by atoms with van der Waals surface area (Å²) in [5.74, 6) is 1.33. The molecular weight excluding hydrogens is 386 g/mol. The fraction of sp³-hybridized carbons (Fsp3) is 0.208. The highest BCUT2D eigenvalue weighted by Crippen LogP contribution is 2.24. The molecule has 5 heteroatoms. The van der Waals surface area contributed by atoms with E-state index in [-0.39, 0.29) is 11.9 Å². The van der Waals surface area contributed by atoms with Gasteiger partial charge in [-0.2, -0.15) is 0 Å². The molecule has 0 spiro atoms. The zero-order valence-electron chi connectivity index (χ0n) is 16.7. The summed E-state index contributed by atoms with van der Waals surface area (Å²) in [5.41, 5.74) is 3.40. The largest absolute Gasteiger partial charge is 0.496 e. The van der Waals surface area contributed by atoms with Gasteiger partial charge in [0.25, 0.3) is 5.91 Å². The van der Waals surface area contributed by atoms with E-state index < -0.39 is 0 Å². The van der Waals surface area contributed by atoms with Crippen LogP contribution in [0, 0.1) is 6.92 Å². The van der Waals surface area contributed by atoms with Gasteiger partial charge in [-0.15, -0.1) is 0 Å². The van der Waals surface area contributed by atoms with Crippen molar-refractivity contribution >= 4 is 17.5 Å². The van der Waals surface area contributed by atoms with Crippen LogP contribution in [0.1, 0.15) is 40.0 Å². The standard InChI is InChI=1S/C24H24ClNO3/c1-16-6-4-5-7-22(16)29-15-20-14-19(10-13-23(20)28-3)24(27)26-17(2)18-8-11-21(25)12-9-18/h4-14,17H,15H2,1-3H3,(H,26,27). The molecule has 0 aromatic heterocycles. The Morgan fingerprint density at radius 3 is 2.45 bits per heavy atom. The Balaban J connectivity index is 1.73. The van der Waals surface area contributed by atoms with Crippen molar-refractivity contribution in [3.63, 3.8) is 0 Å². The van der Waals surface area contributed by atoms with Gasteiger partial charge >= 0.3 is 0 Å². The minimum Gasteiger partial charge on any atom is -0.496 e. The average Bonchev–Trinajstić information content (AvgIpc) is 2.73. The normalized spacial score (nSPS) is 11.6. The van der Waals surface area contributed by atoms with E-state index in [1.165, 1.54) is 0 Å². The van der Waals surface area contributed by atoms with Gasteiger partial charge in [0.2, 0.25) is 0 Å². The van der Waals surface area contributed by atoms with E-state index in [9.17, 15) is 4.79 Å². The lowest BCUT2D eigenvalue weighted by molar-refractivity contribution is 0.0939. The van der Waals surface area contributed by atoms with Crippen LogP contribution in [0.15, 0.2) is 66.7 Å². The Hall–Kier alpha value is -2.98. The summed E-state index contributed by atoms with van der Waals surface area (Å²) in [6.45, 7) is 4.24. The lowest BCUT2D eigenvalue weighted by atomic mass is 10.1. The molecule has 0 aliphatic carbocycles. The first-order chi connectivity index (χ1) is 14.0. The maximum absolute atomic E-state index is 12.8. The second kappa shape index (κ2) is 9.48. The third kappa shape index (κ3) is 5.30. The number of benzene rings is 3. The Kier molecular flexibility index (Phi) is 6.78. The highest BCUT2D eigenvalue weighted by Gasteiger charge is 2.14. The van der Waals surface area contributed by atoms with Crippen molar-refractivity contribution in [1.82, 2.24) is 5.32 Å². The summed E-state index contributed by atoms with van der Waals surface area (Å²) < 4.78 is 11.4. The number of aryl methyl sites for hydroxylation is 1. The summed E-state index contributed by atoms with van der Waals surface area (Å²) in [6, 6.07) is 20.5. The number of methoxy groups -OCH3 is 1. The minimum absolute atomic E-state index is 0.145. The zero-order valence-corrected chi connectivity index (χ0v) is 17.5. The molecule has 0 fully saturated rings. The molecule has 4 nitrogen and oxygen atoms in total. The second-order valence-electron chi connectivity index (χ2n) is 6.83. The number of hydrogen-bond acceptors (Lipinski definition) is 3. The summed E-state index contributed by atoms with van der Waals surface area (Å²) in [5, 5.41) is 3.68. The molecule has 1 N–H and O–H groups in total. The molecule has 1 atom stereocenters. The minimum atomic E-state index is -0.160. The molecule has 0 saturated heterocycles. The number of ether oxygens (including phenoxy) is 2. The van der Waals surface area contributed by atoms with E-state index in [1.54, 1.807) is 25.3 Å². The van der Waals surface area contributed by atoms with Gasteiger partial charge in [-0.05, 0) is 61.4 Å². The first-order valence-corrected chi connectivity index (χ1v) is 9.77. The van der Waals surface area contributed by atoms with Crippen LogP contribution in [-0.4, -0.2) is 13.0 Å². The molecule has 0 aliphatic heterocycles. The van der Waals surface area contributed by atoms with E-state index in [1.807, 2.05) is 62.4 Å². The lowest BCUT2D eigenvalue weighted by Crippen LogP contribution is -2.26. The van der Waals surface area contributed by atoms with Crippen LogP contribution in [0.5, 0.6) is 11.5 Å². The highest BCUT2D eigenvalue weighted by molar-refractivity contribution is 6.30. The van der Waals surface area contributed by atoms with Gasteiger partial charge in [-0.1, -0.05) is 41.9 Å². The highest BCUT2D eigenvalue weighted by atomic mass is 35.5. The van der Waals surface area contributed by atoms with Crippen molar-refractivity contribution in [3.8, 4) is 11.5 Å². The van der Waals surface area contributed by atoms with Gasteiger partial charge in [0.15, 0.2) is 0 Å². The van der Waals surface area contributed by atoms with Crippen LogP contribution in [-0.2, 0) is 6.61 Å². The van der Waals surface area contributed by atoms with Gasteiger partial charge in [-0.25, -0.2) is 0 Å². The molecule has 0 radical (unpaired) electrons. The maximum Gasteiger partial charge on any atom is 0.251 e. The molecule has 1 amide bonds. The predicted octanol–water partition coefficient (Wildman–Crippen LogP) is 5.73. The topological polar surface area (TPSA) is 47.6 Å². The van der Waals surface area contributed by atoms with Crippen molar-refractivity contribution < 1.29 is 14.3 Å². The average molecular weight is 410 g/mol. The maximum atomic E-state index is 12.8. The van der Waals surface area contributed by atoms with Crippen LogP contribution >= 0.6 is 11.6 Å². The number of rotatable bonds is 7. The fourth-order valence-corrected chi connectivity index (χ4v) is 3.15. The Labute approximate surface area is 176 Å². The number of carbonyl (C=O) groups excluding carboxylic acids is 1. The number of amides is 1. The number of carbonyl (C=O) groups is 1. The van der Waals surface area contributed by atoms with Gasteiger partial charge in [0, 0.05) is 16.1 Å². The monoisotopic (exact) mass is 409 g/mol. The lowest BCUT2D eigenvalue weighted by Gasteiger charge is -2.16. The van der Waals surface area contributed by atoms with Crippen LogP contribution < -0.4 is 14.8 Å². The summed E-state index contributed by atoms with van der Waals surface area (Å²) in [7, 11) is 1.61. The number of nitrogens with one attached hydrogen (secondary N) is 1. The Morgan fingerprint density at radius 1 is 1.03 bits per heavy atom. The number of para-hydroxylation sites is 1. The van der Waals surface area contributed by atoms with E-state index in [0.717, 1.165) is 22.4 Å². The number of halogens is 1. The van der Waals surface area contributed by atoms with Gasteiger partial charge in [0.1, 0.15) is 18.1 Å². The molecule has 0 heterocycles. The van der Waals surface area contributed by atoms with Crippen molar-refractivity contribution in [1.29, 1.82) is 0 Å². The van der Waals surface area contributed by atoms with Crippen LogP contribution in [0.25, 0.3) is 0 Å². The molecule has 0 bridgehead atoms. The molecule has 3 rings (SSSR count). The van der Waals surface area contributed by atoms with E-state index in [2.05, 4.69) is 5.32 Å². The van der Waals surface area contributed by atoms with Crippen LogP contribution in [0.4, 0.5) is 0 Å². The van der Waals surface area contributed by atoms with Crippen molar-refractivity contribution in [2.24, 2.45) is 0 Å². The smallest absolute Gasteiger partial charge is 0.251 e. The molecule has 150 valence electrons. The number of hydrogen-bond donors (Lipinski definition) is 1. The summed E-state index contributed by atoms with van der Waals surface area (Å²) in [4.78, 5) is 12.8. The summed E-state index contributed by atoms with van der Waals surface area (Å²) in [6.07, 6.45) is 0. The first-order valence-electron chi connectivity index (χ1n) is 9.39. The third-order valence-electron chi connectivity index (χ3n) is 4.74. The molecule has 1 unspecified atom stereocenters. The van der Waals surface area contributed by atoms with Crippen LogP contribution in [0.3, 0.4) is 0 Å². The third-order valence-corrected chi connectivity index (χ3v) is 4.99. The van der Waals surface area contributed by atoms with Gasteiger partial charge in [0.05, 0.1) is 13.2 Å². The Bertz CT molecular complexity index is 986.